The van der Waals surface area contributed by atoms with Gasteiger partial charge in [0.15, 0.2) is 5.15 Å². The van der Waals surface area contributed by atoms with Gasteiger partial charge in [0.25, 0.3) is 0 Å². The van der Waals surface area contributed by atoms with E-state index in [1.807, 2.05) is 13.0 Å². The van der Waals surface area contributed by atoms with E-state index >= 15 is 0 Å². The summed E-state index contributed by atoms with van der Waals surface area (Å²) >= 11 is 5.69. The molecule has 0 amide bonds. The summed E-state index contributed by atoms with van der Waals surface area (Å²) < 4.78 is 5.77. The Kier molecular flexibility index (Phi) is 3.82. The monoisotopic (exact) mass is 262 g/mol. The van der Waals surface area contributed by atoms with Gasteiger partial charge in [-0.15, -0.1) is 10.2 Å². The van der Waals surface area contributed by atoms with E-state index in [2.05, 4.69) is 36.2 Å². The van der Waals surface area contributed by atoms with Crippen molar-refractivity contribution in [1.29, 1.82) is 0 Å². The summed E-state index contributed by atoms with van der Waals surface area (Å²) in [4.78, 5) is 0. The normalized spacial score (nSPS) is 10.7. The first-order chi connectivity index (χ1) is 8.56. The Balaban J connectivity index is 2.32. The molecule has 1 aromatic heterocycles. The smallest absolute Gasteiger partial charge is 0.238 e. The molecule has 0 N–H and O–H groups in total. The summed E-state index contributed by atoms with van der Waals surface area (Å²) in [6.45, 7) is 6.29. The second-order valence-electron chi connectivity index (χ2n) is 4.49. The van der Waals surface area contributed by atoms with E-state index in [-0.39, 0.29) is 0 Å². The van der Waals surface area contributed by atoms with Crippen LogP contribution in [0.3, 0.4) is 0 Å². The van der Waals surface area contributed by atoms with Crippen LogP contribution >= 0.6 is 11.6 Å². The fraction of sp³-hybridized carbons (Fsp3) is 0.286. The summed E-state index contributed by atoms with van der Waals surface area (Å²) in [6, 6.07) is 9.54. The van der Waals surface area contributed by atoms with Crippen molar-refractivity contribution in [1.82, 2.24) is 10.2 Å². The average molecular weight is 263 g/mol. The van der Waals surface area contributed by atoms with Crippen molar-refractivity contribution in [2.24, 2.45) is 0 Å². The highest BCUT2D eigenvalue weighted by atomic mass is 35.5. The van der Waals surface area contributed by atoms with Crippen LogP contribution in [0.5, 0.6) is 11.6 Å². The molecule has 0 bridgehead atoms. The number of ether oxygens (including phenoxy) is 1. The Hall–Kier alpha value is -1.61. The van der Waals surface area contributed by atoms with Crippen molar-refractivity contribution in [2.75, 3.05) is 0 Å². The molecule has 0 aliphatic carbocycles. The summed E-state index contributed by atoms with van der Waals surface area (Å²) in [7, 11) is 0. The first kappa shape index (κ1) is 12.8. The van der Waals surface area contributed by atoms with Crippen LogP contribution in [0.4, 0.5) is 0 Å². The van der Waals surface area contributed by atoms with E-state index < -0.39 is 0 Å². The summed E-state index contributed by atoms with van der Waals surface area (Å²) in [5, 5.41) is 8.02. The second kappa shape index (κ2) is 5.36. The molecule has 0 aliphatic heterocycles. The van der Waals surface area contributed by atoms with Gasteiger partial charge in [0.1, 0.15) is 5.75 Å². The molecule has 2 rings (SSSR count). The fourth-order valence-electron chi connectivity index (χ4n) is 1.68. The molecule has 0 saturated heterocycles. The minimum Gasteiger partial charge on any atom is -0.437 e. The fourth-order valence-corrected chi connectivity index (χ4v) is 1.78. The molecule has 1 heterocycles. The number of nitrogens with zero attached hydrogens (tertiary/aromatic N) is 2. The summed E-state index contributed by atoms with van der Waals surface area (Å²) in [6.07, 6.45) is 0. The topological polar surface area (TPSA) is 35.0 Å². The number of rotatable bonds is 3. The molecule has 4 heteroatoms. The van der Waals surface area contributed by atoms with Gasteiger partial charge in [-0.1, -0.05) is 37.6 Å². The van der Waals surface area contributed by atoms with Gasteiger partial charge in [-0.25, -0.2) is 0 Å². The van der Waals surface area contributed by atoms with Gasteiger partial charge in [-0.3, -0.25) is 0 Å². The molecular weight excluding hydrogens is 248 g/mol. The van der Waals surface area contributed by atoms with E-state index in [9.17, 15) is 0 Å². The molecule has 0 aliphatic rings. The van der Waals surface area contributed by atoms with E-state index in [1.54, 1.807) is 12.1 Å². The number of hydrogen-bond donors (Lipinski definition) is 0. The maximum Gasteiger partial charge on any atom is 0.238 e. The number of aromatic nitrogens is 2. The zero-order valence-corrected chi connectivity index (χ0v) is 11.4. The summed E-state index contributed by atoms with van der Waals surface area (Å²) in [5.41, 5.74) is 2.30. The molecule has 18 heavy (non-hydrogen) atoms. The number of benzene rings is 1. The van der Waals surface area contributed by atoms with E-state index in [0.717, 1.165) is 16.9 Å². The molecule has 2 aromatic rings. The van der Waals surface area contributed by atoms with Crippen molar-refractivity contribution in [2.45, 2.75) is 26.7 Å². The van der Waals surface area contributed by atoms with Gasteiger partial charge in [-0.05, 0) is 36.1 Å². The van der Waals surface area contributed by atoms with Crippen LogP contribution in [0.25, 0.3) is 0 Å². The van der Waals surface area contributed by atoms with E-state index in [4.69, 9.17) is 16.3 Å². The molecule has 0 radical (unpaired) electrons. The largest absolute Gasteiger partial charge is 0.437 e. The molecule has 0 saturated carbocycles. The number of hydrogen-bond acceptors (Lipinski definition) is 3. The van der Waals surface area contributed by atoms with Crippen LogP contribution in [0.2, 0.25) is 5.15 Å². The lowest BCUT2D eigenvalue weighted by Gasteiger charge is -2.13. The predicted molar refractivity (Wildman–Crippen MR) is 72.4 cm³/mol. The highest BCUT2D eigenvalue weighted by Crippen LogP contribution is 2.30. The maximum absolute atomic E-state index is 5.77. The third-order valence-electron chi connectivity index (χ3n) is 2.61. The first-order valence-corrected chi connectivity index (χ1v) is 6.21. The second-order valence-corrected chi connectivity index (χ2v) is 4.88. The third kappa shape index (κ3) is 2.99. The minimum atomic E-state index is 0.357. The van der Waals surface area contributed by atoms with Crippen LogP contribution in [-0.4, -0.2) is 10.2 Å². The van der Waals surface area contributed by atoms with Gasteiger partial charge in [-0.2, -0.15) is 0 Å². The molecule has 0 spiro atoms. The zero-order valence-electron chi connectivity index (χ0n) is 10.6. The lowest BCUT2D eigenvalue weighted by atomic mass is 10.0. The molecule has 1 aromatic carbocycles. The first-order valence-electron chi connectivity index (χ1n) is 5.84. The Labute approximate surface area is 112 Å². The molecule has 0 unspecified atom stereocenters. The Morgan fingerprint density at radius 3 is 2.50 bits per heavy atom. The lowest BCUT2D eigenvalue weighted by molar-refractivity contribution is 0.447. The van der Waals surface area contributed by atoms with Gasteiger partial charge < -0.3 is 4.74 Å². The Morgan fingerprint density at radius 1 is 1.11 bits per heavy atom. The number of halogens is 1. The lowest BCUT2D eigenvalue weighted by Crippen LogP contribution is -1.96. The van der Waals surface area contributed by atoms with Crippen molar-refractivity contribution in [3.05, 3.63) is 46.6 Å². The minimum absolute atomic E-state index is 0.357. The van der Waals surface area contributed by atoms with Crippen molar-refractivity contribution in [3.63, 3.8) is 0 Å². The average Bonchev–Trinajstić information content (AvgIpc) is 2.32. The maximum atomic E-state index is 5.77. The van der Waals surface area contributed by atoms with Gasteiger partial charge in [0.2, 0.25) is 5.88 Å². The molecule has 3 nitrogen and oxygen atoms in total. The third-order valence-corrected chi connectivity index (χ3v) is 2.81. The van der Waals surface area contributed by atoms with Crippen LogP contribution in [0.15, 0.2) is 30.3 Å². The van der Waals surface area contributed by atoms with Gasteiger partial charge >= 0.3 is 0 Å². The SMILES string of the molecule is Cc1ccc(C(C)C)c(Oc2ccc(Cl)nn2)c1. The molecule has 0 atom stereocenters. The van der Waals surface area contributed by atoms with Gasteiger partial charge in [0.05, 0.1) is 0 Å². The van der Waals surface area contributed by atoms with E-state index in [1.165, 1.54) is 0 Å². The number of aryl methyl sites for hydroxylation is 1. The Morgan fingerprint density at radius 2 is 1.89 bits per heavy atom. The standard InChI is InChI=1S/C14H15ClN2O/c1-9(2)11-5-4-10(3)8-12(11)18-14-7-6-13(15)16-17-14/h4-9H,1-3H3. The van der Waals surface area contributed by atoms with Crippen molar-refractivity contribution in [3.8, 4) is 11.6 Å². The molecule has 94 valence electrons. The van der Waals surface area contributed by atoms with Crippen LogP contribution in [0, 0.1) is 6.92 Å². The van der Waals surface area contributed by atoms with Gasteiger partial charge in [0, 0.05) is 6.07 Å². The predicted octanol–water partition coefficient (Wildman–Crippen LogP) is 4.35. The van der Waals surface area contributed by atoms with Crippen molar-refractivity contribution < 1.29 is 4.74 Å². The Bertz CT molecular complexity index is 538. The van der Waals surface area contributed by atoms with E-state index in [0.29, 0.717) is 17.0 Å². The van der Waals surface area contributed by atoms with Crippen LogP contribution in [-0.2, 0) is 0 Å². The zero-order chi connectivity index (χ0) is 13.1. The molecule has 0 fully saturated rings. The highest BCUT2D eigenvalue weighted by Gasteiger charge is 2.09. The quantitative estimate of drug-likeness (QED) is 0.825. The van der Waals surface area contributed by atoms with Crippen LogP contribution < -0.4 is 4.74 Å². The van der Waals surface area contributed by atoms with Crippen molar-refractivity contribution >= 4 is 11.6 Å². The summed E-state index contributed by atoms with van der Waals surface area (Å²) in [5.74, 6) is 1.66. The van der Waals surface area contributed by atoms with Crippen LogP contribution in [0.1, 0.15) is 30.9 Å². The molecular formula is C14H15ClN2O. The highest BCUT2D eigenvalue weighted by molar-refractivity contribution is 6.29.